The van der Waals surface area contributed by atoms with E-state index in [1.807, 2.05) is 6.92 Å². The van der Waals surface area contributed by atoms with Crippen molar-refractivity contribution in [3.05, 3.63) is 41.3 Å². The van der Waals surface area contributed by atoms with E-state index in [0.29, 0.717) is 16.5 Å². The van der Waals surface area contributed by atoms with Gasteiger partial charge in [0.1, 0.15) is 5.82 Å². The highest BCUT2D eigenvalue weighted by atomic mass is 19.1. The van der Waals surface area contributed by atoms with Crippen LogP contribution in [0.2, 0.25) is 0 Å². The van der Waals surface area contributed by atoms with E-state index in [1.54, 1.807) is 18.3 Å². The summed E-state index contributed by atoms with van der Waals surface area (Å²) in [6.07, 6.45) is 6.97. The number of nitrogens with zero attached hydrogens (tertiary/aromatic N) is 1. The maximum atomic E-state index is 13.4. The summed E-state index contributed by atoms with van der Waals surface area (Å²) < 4.78 is 13.4. The minimum Gasteiger partial charge on any atom is -0.255 e. The summed E-state index contributed by atoms with van der Waals surface area (Å²) in [6, 6.07) is 4.69. The second-order valence-electron chi connectivity index (χ2n) is 3.15. The highest BCUT2D eigenvalue weighted by molar-refractivity contribution is 5.85. The molecule has 0 fully saturated rings. The van der Waals surface area contributed by atoms with E-state index in [-0.39, 0.29) is 5.82 Å². The average molecular weight is 185 g/mol. The molecule has 0 radical (unpaired) electrons. The molecule has 0 unspecified atom stereocenters. The fourth-order valence-corrected chi connectivity index (χ4v) is 1.41. The third-order valence-electron chi connectivity index (χ3n) is 2.09. The van der Waals surface area contributed by atoms with Gasteiger partial charge in [-0.3, -0.25) is 4.98 Å². The van der Waals surface area contributed by atoms with Gasteiger partial charge in [0.15, 0.2) is 0 Å². The van der Waals surface area contributed by atoms with Crippen molar-refractivity contribution in [3.63, 3.8) is 0 Å². The summed E-state index contributed by atoms with van der Waals surface area (Å²) in [5.41, 5.74) is 2.10. The van der Waals surface area contributed by atoms with Crippen LogP contribution in [0.3, 0.4) is 0 Å². The number of aromatic nitrogens is 1. The molecular formula is C12H8FN. The third kappa shape index (κ3) is 1.23. The molecule has 0 bridgehead atoms. The molecule has 1 aromatic carbocycles. The van der Waals surface area contributed by atoms with Crippen LogP contribution in [0, 0.1) is 25.1 Å². The van der Waals surface area contributed by atoms with Crippen molar-refractivity contribution >= 4 is 10.9 Å². The van der Waals surface area contributed by atoms with E-state index in [4.69, 9.17) is 6.42 Å². The van der Waals surface area contributed by atoms with Gasteiger partial charge in [0.05, 0.1) is 11.1 Å². The molecule has 0 atom stereocenters. The molecule has 0 amide bonds. The fourth-order valence-electron chi connectivity index (χ4n) is 1.41. The lowest BCUT2D eigenvalue weighted by Gasteiger charge is -2.02. The lowest BCUT2D eigenvalue weighted by atomic mass is 10.1. The predicted molar refractivity (Wildman–Crippen MR) is 54.4 cm³/mol. The van der Waals surface area contributed by atoms with E-state index in [2.05, 4.69) is 10.9 Å². The summed E-state index contributed by atoms with van der Waals surface area (Å²) in [5, 5.41) is 0.487. The van der Waals surface area contributed by atoms with E-state index < -0.39 is 0 Å². The van der Waals surface area contributed by atoms with Crippen LogP contribution in [0.1, 0.15) is 11.1 Å². The van der Waals surface area contributed by atoms with Gasteiger partial charge in [-0.1, -0.05) is 5.92 Å². The van der Waals surface area contributed by atoms with Crippen LogP contribution < -0.4 is 0 Å². The van der Waals surface area contributed by atoms with Gasteiger partial charge >= 0.3 is 0 Å². The maximum absolute atomic E-state index is 13.4. The SMILES string of the molecule is C#Cc1ccc(F)c2cc(C)cnc12. The molecule has 2 heteroatoms. The molecule has 68 valence electrons. The molecule has 2 aromatic rings. The zero-order chi connectivity index (χ0) is 10.1. The van der Waals surface area contributed by atoms with Gasteiger partial charge in [0, 0.05) is 11.6 Å². The van der Waals surface area contributed by atoms with Crippen molar-refractivity contribution in [2.75, 3.05) is 0 Å². The summed E-state index contributed by atoms with van der Waals surface area (Å²) in [4.78, 5) is 4.13. The molecule has 0 spiro atoms. The van der Waals surface area contributed by atoms with E-state index in [9.17, 15) is 4.39 Å². The predicted octanol–water partition coefficient (Wildman–Crippen LogP) is 2.66. The van der Waals surface area contributed by atoms with Gasteiger partial charge in [0.25, 0.3) is 0 Å². The highest BCUT2D eigenvalue weighted by Gasteiger charge is 2.05. The van der Waals surface area contributed by atoms with Crippen molar-refractivity contribution in [2.45, 2.75) is 6.92 Å². The van der Waals surface area contributed by atoms with Gasteiger partial charge in [-0.05, 0) is 30.7 Å². The number of halogens is 1. The van der Waals surface area contributed by atoms with Crippen molar-refractivity contribution < 1.29 is 4.39 Å². The van der Waals surface area contributed by atoms with Crippen LogP contribution in [0.25, 0.3) is 10.9 Å². The second kappa shape index (κ2) is 3.12. The number of hydrogen-bond acceptors (Lipinski definition) is 1. The molecular weight excluding hydrogens is 177 g/mol. The maximum Gasteiger partial charge on any atom is 0.132 e. The Morgan fingerprint density at radius 3 is 2.93 bits per heavy atom. The fraction of sp³-hybridized carbons (Fsp3) is 0.0833. The van der Waals surface area contributed by atoms with Crippen LogP contribution in [0.15, 0.2) is 24.4 Å². The molecule has 0 saturated heterocycles. The van der Waals surface area contributed by atoms with Gasteiger partial charge in [-0.25, -0.2) is 4.39 Å². The Morgan fingerprint density at radius 1 is 1.43 bits per heavy atom. The third-order valence-corrected chi connectivity index (χ3v) is 2.09. The Morgan fingerprint density at radius 2 is 2.21 bits per heavy atom. The molecule has 0 aliphatic carbocycles. The summed E-state index contributed by atoms with van der Waals surface area (Å²) >= 11 is 0. The van der Waals surface area contributed by atoms with Gasteiger partial charge in [0.2, 0.25) is 0 Å². The van der Waals surface area contributed by atoms with E-state index in [0.717, 1.165) is 5.56 Å². The molecule has 2 rings (SSSR count). The van der Waals surface area contributed by atoms with Crippen LogP contribution >= 0.6 is 0 Å². The second-order valence-corrected chi connectivity index (χ2v) is 3.15. The van der Waals surface area contributed by atoms with Crippen molar-refractivity contribution in [3.8, 4) is 12.3 Å². The van der Waals surface area contributed by atoms with Gasteiger partial charge < -0.3 is 0 Å². The molecule has 1 heterocycles. The topological polar surface area (TPSA) is 12.9 Å². The summed E-state index contributed by atoms with van der Waals surface area (Å²) in [5.74, 6) is 2.21. The molecule has 0 saturated carbocycles. The van der Waals surface area contributed by atoms with Gasteiger partial charge in [-0.2, -0.15) is 0 Å². The van der Waals surface area contributed by atoms with Crippen LogP contribution in [0.5, 0.6) is 0 Å². The zero-order valence-corrected chi connectivity index (χ0v) is 7.71. The van der Waals surface area contributed by atoms with Gasteiger partial charge in [-0.15, -0.1) is 6.42 Å². The van der Waals surface area contributed by atoms with Crippen molar-refractivity contribution in [2.24, 2.45) is 0 Å². The molecule has 0 aliphatic heterocycles. The number of rotatable bonds is 0. The Kier molecular flexibility index (Phi) is 1.94. The summed E-state index contributed by atoms with van der Waals surface area (Å²) in [6.45, 7) is 1.87. The Balaban J connectivity index is 2.93. The molecule has 0 N–H and O–H groups in total. The standard InChI is InChI=1S/C12H8FN/c1-3-9-4-5-11(13)10-6-8(2)7-14-12(9)10/h1,4-7H,2H3. The van der Waals surface area contributed by atoms with E-state index >= 15 is 0 Å². The minimum absolute atomic E-state index is 0.282. The molecule has 1 aromatic heterocycles. The van der Waals surface area contributed by atoms with E-state index in [1.165, 1.54) is 6.07 Å². The first-order chi connectivity index (χ1) is 6.72. The molecule has 0 aliphatic rings. The Hall–Kier alpha value is -1.88. The van der Waals surface area contributed by atoms with Crippen molar-refractivity contribution in [1.82, 2.24) is 4.98 Å². The first kappa shape index (κ1) is 8.71. The first-order valence-electron chi connectivity index (χ1n) is 4.24. The summed E-state index contributed by atoms with van der Waals surface area (Å²) in [7, 11) is 0. The molecule has 1 nitrogen and oxygen atoms in total. The number of terminal acetylenes is 1. The van der Waals surface area contributed by atoms with Crippen LogP contribution in [0.4, 0.5) is 4.39 Å². The largest absolute Gasteiger partial charge is 0.255 e. The Labute approximate surface area is 81.6 Å². The average Bonchev–Trinajstić information content (AvgIpc) is 2.19. The number of hydrogen-bond donors (Lipinski definition) is 0. The van der Waals surface area contributed by atoms with Crippen LogP contribution in [-0.4, -0.2) is 4.98 Å². The first-order valence-corrected chi connectivity index (χ1v) is 4.24. The normalized spacial score (nSPS) is 10.1. The number of benzene rings is 1. The number of pyridine rings is 1. The lowest BCUT2D eigenvalue weighted by molar-refractivity contribution is 0.639. The minimum atomic E-state index is -0.282. The lowest BCUT2D eigenvalue weighted by Crippen LogP contribution is -1.88. The quantitative estimate of drug-likeness (QED) is 0.575. The van der Waals surface area contributed by atoms with Crippen LogP contribution in [-0.2, 0) is 0 Å². The zero-order valence-electron chi connectivity index (χ0n) is 7.71. The monoisotopic (exact) mass is 185 g/mol. The highest BCUT2D eigenvalue weighted by Crippen LogP contribution is 2.20. The number of fused-ring (bicyclic) bond motifs is 1. The number of aryl methyl sites for hydroxylation is 1. The molecule has 14 heavy (non-hydrogen) atoms. The van der Waals surface area contributed by atoms with Crippen molar-refractivity contribution in [1.29, 1.82) is 0 Å². The smallest absolute Gasteiger partial charge is 0.132 e. The Bertz CT molecular complexity index is 538.